The highest BCUT2D eigenvalue weighted by molar-refractivity contribution is 6.30. The quantitative estimate of drug-likeness (QED) is 0.391. The van der Waals surface area contributed by atoms with Gasteiger partial charge >= 0.3 is 6.09 Å². The van der Waals surface area contributed by atoms with Gasteiger partial charge in [0.25, 0.3) is 0 Å². The Labute approximate surface area is 197 Å². The maximum atomic E-state index is 12.0. The second-order valence-electron chi connectivity index (χ2n) is 7.24. The van der Waals surface area contributed by atoms with E-state index >= 15 is 0 Å². The SMILES string of the molecule is CC(C)OC(=O)Nc1cccc(Cl)c1.COc1ccc(CC(=O)c2ccc(O)cc2O)cc1. The van der Waals surface area contributed by atoms with E-state index in [1.165, 1.54) is 12.1 Å². The molecule has 3 aromatic carbocycles. The van der Waals surface area contributed by atoms with E-state index in [0.29, 0.717) is 10.7 Å². The summed E-state index contributed by atoms with van der Waals surface area (Å²) in [6.07, 6.45) is -0.418. The number of ketones is 1. The van der Waals surface area contributed by atoms with Gasteiger partial charge in [-0.25, -0.2) is 4.79 Å². The van der Waals surface area contributed by atoms with Crippen molar-refractivity contribution < 1.29 is 29.3 Å². The van der Waals surface area contributed by atoms with Crippen molar-refractivity contribution in [2.45, 2.75) is 26.4 Å². The van der Waals surface area contributed by atoms with Crippen LogP contribution in [-0.2, 0) is 11.2 Å². The van der Waals surface area contributed by atoms with Crippen LogP contribution in [0.2, 0.25) is 5.02 Å². The van der Waals surface area contributed by atoms with Gasteiger partial charge in [-0.2, -0.15) is 0 Å². The molecule has 3 rings (SSSR count). The van der Waals surface area contributed by atoms with Crippen LogP contribution in [-0.4, -0.2) is 35.3 Å². The molecule has 3 aromatic rings. The Morgan fingerprint density at radius 3 is 2.27 bits per heavy atom. The molecule has 0 heterocycles. The van der Waals surface area contributed by atoms with Crippen molar-refractivity contribution in [1.82, 2.24) is 0 Å². The normalized spacial score (nSPS) is 10.1. The van der Waals surface area contributed by atoms with Gasteiger partial charge in [0, 0.05) is 23.2 Å². The number of halogens is 1. The van der Waals surface area contributed by atoms with Crippen molar-refractivity contribution in [3.05, 3.63) is 82.9 Å². The molecule has 0 saturated heterocycles. The zero-order valence-electron chi connectivity index (χ0n) is 18.5. The first-order valence-corrected chi connectivity index (χ1v) is 10.5. The minimum Gasteiger partial charge on any atom is -0.508 e. The lowest BCUT2D eigenvalue weighted by Gasteiger charge is -2.09. The fraction of sp³-hybridized carbons (Fsp3) is 0.200. The van der Waals surface area contributed by atoms with Crippen molar-refractivity contribution >= 4 is 29.2 Å². The number of aromatic hydroxyl groups is 2. The molecular weight excluding hydrogens is 446 g/mol. The standard InChI is InChI=1S/C15H14O4.C10H12ClNO2/c1-19-12-5-2-10(3-6-12)8-14(17)13-7-4-11(16)9-15(13)18;1-7(2)14-10(13)12-9-5-3-4-8(11)6-9/h2-7,9,16,18H,8H2,1H3;3-7H,1-2H3,(H,12,13). The largest absolute Gasteiger partial charge is 0.508 e. The number of Topliss-reactive ketones (excluding diaryl/α,β-unsaturated/α-hetero) is 1. The van der Waals surface area contributed by atoms with Crippen LogP contribution < -0.4 is 10.1 Å². The van der Waals surface area contributed by atoms with E-state index < -0.39 is 6.09 Å². The second-order valence-corrected chi connectivity index (χ2v) is 7.68. The minimum absolute atomic E-state index is 0.0708. The van der Waals surface area contributed by atoms with Crippen molar-refractivity contribution in [2.24, 2.45) is 0 Å². The molecule has 0 bridgehead atoms. The van der Waals surface area contributed by atoms with E-state index in [9.17, 15) is 19.8 Å². The maximum absolute atomic E-state index is 12.0. The number of methoxy groups -OCH3 is 1. The molecule has 0 aliphatic rings. The lowest BCUT2D eigenvalue weighted by atomic mass is 10.0. The van der Waals surface area contributed by atoms with Crippen LogP contribution in [0.5, 0.6) is 17.2 Å². The smallest absolute Gasteiger partial charge is 0.411 e. The molecule has 0 spiro atoms. The average Bonchev–Trinajstić information content (AvgIpc) is 2.74. The van der Waals surface area contributed by atoms with Gasteiger partial charge in [0.1, 0.15) is 17.2 Å². The summed E-state index contributed by atoms with van der Waals surface area (Å²) in [5.41, 5.74) is 1.66. The molecule has 0 saturated carbocycles. The first kappa shape index (κ1) is 25.5. The van der Waals surface area contributed by atoms with E-state index in [1.807, 2.05) is 0 Å². The van der Waals surface area contributed by atoms with Crippen molar-refractivity contribution in [3.63, 3.8) is 0 Å². The summed E-state index contributed by atoms with van der Waals surface area (Å²) in [5, 5.41) is 21.9. The predicted molar refractivity (Wildman–Crippen MR) is 127 cm³/mol. The summed E-state index contributed by atoms with van der Waals surface area (Å²) in [4.78, 5) is 23.2. The van der Waals surface area contributed by atoms with Crippen LogP contribution in [0.15, 0.2) is 66.7 Å². The molecule has 33 heavy (non-hydrogen) atoms. The summed E-state index contributed by atoms with van der Waals surface area (Å²) in [5.74, 6) is 0.239. The van der Waals surface area contributed by atoms with E-state index in [-0.39, 0.29) is 35.4 Å². The number of carbonyl (C=O) groups excluding carboxylic acids is 2. The molecular formula is C25H26ClNO6. The molecule has 1 amide bonds. The van der Waals surface area contributed by atoms with Gasteiger partial charge in [0.2, 0.25) is 0 Å². The number of nitrogens with one attached hydrogen (secondary N) is 1. The summed E-state index contributed by atoms with van der Waals surface area (Å²) in [7, 11) is 1.58. The number of amides is 1. The number of benzene rings is 3. The third-order valence-corrected chi connectivity index (χ3v) is 4.45. The predicted octanol–water partition coefficient (Wildman–Crippen LogP) is 5.83. The topological polar surface area (TPSA) is 105 Å². The highest BCUT2D eigenvalue weighted by Crippen LogP contribution is 2.24. The summed E-state index contributed by atoms with van der Waals surface area (Å²) in [6.45, 7) is 3.58. The van der Waals surface area contributed by atoms with Gasteiger partial charge < -0.3 is 19.7 Å². The molecule has 7 nitrogen and oxygen atoms in total. The van der Waals surface area contributed by atoms with Crippen LogP contribution in [0.1, 0.15) is 29.8 Å². The number of carbonyl (C=O) groups is 2. The lowest BCUT2D eigenvalue weighted by molar-refractivity contribution is 0.0990. The highest BCUT2D eigenvalue weighted by atomic mass is 35.5. The van der Waals surface area contributed by atoms with Gasteiger partial charge in [-0.1, -0.05) is 29.8 Å². The van der Waals surface area contributed by atoms with E-state index in [2.05, 4.69) is 5.32 Å². The Balaban J connectivity index is 0.000000245. The van der Waals surface area contributed by atoms with Gasteiger partial charge in [0.15, 0.2) is 5.78 Å². The Kier molecular flexibility index (Phi) is 9.57. The molecule has 8 heteroatoms. The van der Waals surface area contributed by atoms with Crippen LogP contribution in [0.3, 0.4) is 0 Å². The monoisotopic (exact) mass is 471 g/mol. The zero-order valence-corrected chi connectivity index (χ0v) is 19.3. The molecule has 0 atom stereocenters. The number of phenols is 2. The van der Waals surface area contributed by atoms with E-state index in [4.69, 9.17) is 21.1 Å². The first-order chi connectivity index (χ1) is 15.7. The maximum Gasteiger partial charge on any atom is 0.411 e. The molecule has 0 radical (unpaired) electrons. The summed E-state index contributed by atoms with van der Waals surface area (Å²) < 4.78 is 9.94. The molecule has 0 aliphatic heterocycles. The van der Waals surface area contributed by atoms with Gasteiger partial charge in [0.05, 0.1) is 18.8 Å². The third kappa shape index (κ3) is 8.74. The summed E-state index contributed by atoms with van der Waals surface area (Å²) in [6, 6.07) is 18.0. The average molecular weight is 472 g/mol. The minimum atomic E-state index is -0.470. The molecule has 0 fully saturated rings. The molecule has 0 aromatic heterocycles. The van der Waals surface area contributed by atoms with Crippen LogP contribution in [0, 0.1) is 0 Å². The Hall–Kier alpha value is -3.71. The first-order valence-electron chi connectivity index (χ1n) is 10.1. The molecule has 0 unspecified atom stereocenters. The van der Waals surface area contributed by atoms with Crippen LogP contribution in [0.25, 0.3) is 0 Å². The lowest BCUT2D eigenvalue weighted by Crippen LogP contribution is -2.17. The highest BCUT2D eigenvalue weighted by Gasteiger charge is 2.12. The molecule has 174 valence electrons. The Morgan fingerprint density at radius 1 is 1.00 bits per heavy atom. The van der Waals surface area contributed by atoms with E-state index in [0.717, 1.165) is 17.4 Å². The second kappa shape index (κ2) is 12.4. The number of hydrogen-bond donors (Lipinski definition) is 3. The number of hydrogen-bond acceptors (Lipinski definition) is 6. The molecule has 3 N–H and O–H groups in total. The van der Waals surface area contributed by atoms with Crippen LogP contribution >= 0.6 is 11.6 Å². The van der Waals surface area contributed by atoms with Gasteiger partial charge in [-0.15, -0.1) is 0 Å². The Bertz CT molecular complexity index is 1080. The van der Waals surface area contributed by atoms with Crippen LogP contribution in [0.4, 0.5) is 10.5 Å². The Morgan fingerprint density at radius 2 is 1.70 bits per heavy atom. The zero-order chi connectivity index (χ0) is 24.4. The van der Waals surface area contributed by atoms with Crippen molar-refractivity contribution in [3.8, 4) is 17.2 Å². The number of rotatable bonds is 6. The van der Waals surface area contributed by atoms with Gasteiger partial charge in [-0.3, -0.25) is 10.1 Å². The number of phenolic OH excluding ortho intramolecular Hbond substituents is 2. The molecule has 0 aliphatic carbocycles. The number of anilines is 1. The van der Waals surface area contributed by atoms with Crippen molar-refractivity contribution in [1.29, 1.82) is 0 Å². The fourth-order valence-corrected chi connectivity index (χ4v) is 2.90. The van der Waals surface area contributed by atoms with Crippen molar-refractivity contribution in [2.75, 3.05) is 12.4 Å². The van der Waals surface area contributed by atoms with Gasteiger partial charge in [-0.05, 0) is 61.9 Å². The van der Waals surface area contributed by atoms with E-state index in [1.54, 1.807) is 69.5 Å². The number of ether oxygens (including phenoxy) is 2. The summed E-state index contributed by atoms with van der Waals surface area (Å²) >= 11 is 5.74. The third-order valence-electron chi connectivity index (χ3n) is 4.22. The fourth-order valence-electron chi connectivity index (χ4n) is 2.71.